The molecule has 1 atom stereocenters. The van der Waals surface area contributed by atoms with E-state index in [0.29, 0.717) is 0 Å². The molecule has 0 aliphatic carbocycles. The summed E-state index contributed by atoms with van der Waals surface area (Å²) < 4.78 is 0. The van der Waals surface area contributed by atoms with Gasteiger partial charge in [-0.05, 0) is 6.92 Å². The number of carbonyl (C=O) groups excluding carboxylic acids is 1. The highest BCUT2D eigenvalue weighted by Crippen LogP contribution is 2.05. The maximum atomic E-state index is 11.2. The van der Waals surface area contributed by atoms with Crippen LogP contribution in [-0.4, -0.2) is 35.3 Å². The summed E-state index contributed by atoms with van der Waals surface area (Å²) >= 11 is 0. The zero-order chi connectivity index (χ0) is 9.68. The minimum atomic E-state index is -0.556. The number of allylic oxidation sites excluding steroid dienone is 3. The monoisotopic (exact) mass is 183 g/mol. The molecule has 1 unspecified atom stereocenters. The zero-order valence-corrected chi connectivity index (χ0v) is 7.51. The average Bonchev–Trinajstić information content (AvgIpc) is 2.52. The first-order valence-corrected chi connectivity index (χ1v) is 4.16. The molecule has 0 aromatic rings. The number of hydrogen-bond donors (Lipinski definition) is 1. The fourth-order valence-electron chi connectivity index (χ4n) is 0.959. The van der Waals surface area contributed by atoms with E-state index < -0.39 is 6.10 Å². The lowest BCUT2D eigenvalue weighted by molar-refractivity contribution is -0.162. The van der Waals surface area contributed by atoms with E-state index >= 15 is 0 Å². The van der Waals surface area contributed by atoms with Crippen molar-refractivity contribution in [1.29, 1.82) is 0 Å². The van der Waals surface area contributed by atoms with Crippen molar-refractivity contribution in [1.82, 2.24) is 5.06 Å². The van der Waals surface area contributed by atoms with Gasteiger partial charge >= 0.3 is 0 Å². The molecule has 4 nitrogen and oxygen atoms in total. The van der Waals surface area contributed by atoms with Gasteiger partial charge in [-0.3, -0.25) is 9.63 Å². The Morgan fingerprint density at radius 2 is 2.38 bits per heavy atom. The highest BCUT2D eigenvalue weighted by molar-refractivity contribution is 5.87. The minimum absolute atomic E-state index is 0.198. The molecule has 1 aliphatic rings. The predicted molar refractivity (Wildman–Crippen MR) is 47.6 cm³/mol. The van der Waals surface area contributed by atoms with E-state index in [2.05, 4.69) is 0 Å². The van der Waals surface area contributed by atoms with Gasteiger partial charge in [0.05, 0.1) is 6.54 Å². The third-order valence-corrected chi connectivity index (χ3v) is 1.59. The molecule has 13 heavy (non-hydrogen) atoms. The van der Waals surface area contributed by atoms with Crippen LogP contribution in [0.15, 0.2) is 24.3 Å². The Morgan fingerprint density at radius 1 is 1.62 bits per heavy atom. The molecule has 1 saturated heterocycles. The molecule has 4 heteroatoms. The number of aliphatic hydroxyl groups excluding tert-OH is 1. The highest BCUT2D eigenvalue weighted by atomic mass is 16.7. The van der Waals surface area contributed by atoms with Gasteiger partial charge < -0.3 is 5.11 Å². The van der Waals surface area contributed by atoms with Crippen LogP contribution in [0.2, 0.25) is 0 Å². The Balaban J connectivity index is 2.40. The van der Waals surface area contributed by atoms with E-state index in [1.165, 1.54) is 6.08 Å². The molecular formula is C9H13NO3. The average molecular weight is 183 g/mol. The normalized spacial score (nSPS) is 23.5. The Labute approximate surface area is 77.1 Å². The summed E-state index contributed by atoms with van der Waals surface area (Å²) in [6, 6.07) is 0. The Hall–Kier alpha value is -1.13. The summed E-state index contributed by atoms with van der Waals surface area (Å²) in [7, 11) is 0. The molecule has 0 spiro atoms. The zero-order valence-electron chi connectivity index (χ0n) is 7.51. The van der Waals surface area contributed by atoms with Crippen LogP contribution in [0.25, 0.3) is 0 Å². The van der Waals surface area contributed by atoms with Crippen molar-refractivity contribution in [3.63, 3.8) is 0 Å². The Bertz CT molecular complexity index is 235. The summed E-state index contributed by atoms with van der Waals surface area (Å²) in [5.41, 5.74) is 0. The fourth-order valence-corrected chi connectivity index (χ4v) is 0.959. The molecule has 1 rings (SSSR count). The second kappa shape index (κ2) is 4.79. The van der Waals surface area contributed by atoms with Crippen LogP contribution in [0.1, 0.15) is 6.92 Å². The molecule has 0 aromatic carbocycles. The molecule has 0 radical (unpaired) electrons. The minimum Gasteiger partial charge on any atom is -0.389 e. The van der Waals surface area contributed by atoms with E-state index in [9.17, 15) is 4.79 Å². The second-order valence-corrected chi connectivity index (χ2v) is 2.73. The van der Waals surface area contributed by atoms with E-state index in [0.717, 1.165) is 5.06 Å². The van der Waals surface area contributed by atoms with Gasteiger partial charge in [0.1, 0.15) is 12.7 Å². The van der Waals surface area contributed by atoms with Crippen LogP contribution >= 0.6 is 0 Å². The summed E-state index contributed by atoms with van der Waals surface area (Å²) in [6.07, 6.45) is 6.06. The van der Waals surface area contributed by atoms with E-state index in [1.54, 1.807) is 12.2 Å². The molecule has 0 saturated carbocycles. The third kappa shape index (κ3) is 3.01. The van der Waals surface area contributed by atoms with Gasteiger partial charge in [-0.1, -0.05) is 18.2 Å². The van der Waals surface area contributed by atoms with Crippen LogP contribution in [-0.2, 0) is 9.63 Å². The van der Waals surface area contributed by atoms with Crippen molar-refractivity contribution in [3.05, 3.63) is 24.3 Å². The molecule has 0 aromatic heterocycles. The van der Waals surface area contributed by atoms with Crippen molar-refractivity contribution in [3.8, 4) is 0 Å². The smallest absolute Gasteiger partial charge is 0.270 e. The first kappa shape index (κ1) is 9.95. The number of amides is 1. The number of aliphatic hydroxyl groups is 1. The van der Waals surface area contributed by atoms with Gasteiger partial charge in [-0.25, -0.2) is 5.06 Å². The molecule has 1 aliphatic heterocycles. The van der Waals surface area contributed by atoms with Crippen LogP contribution in [0.3, 0.4) is 0 Å². The number of hydroxylamine groups is 2. The van der Waals surface area contributed by atoms with Gasteiger partial charge in [0.15, 0.2) is 0 Å². The van der Waals surface area contributed by atoms with Gasteiger partial charge in [-0.2, -0.15) is 0 Å². The van der Waals surface area contributed by atoms with Crippen LogP contribution in [0.5, 0.6) is 0 Å². The molecule has 0 bridgehead atoms. The molecular weight excluding hydrogens is 170 g/mol. The summed E-state index contributed by atoms with van der Waals surface area (Å²) in [4.78, 5) is 16.2. The van der Waals surface area contributed by atoms with Crippen molar-refractivity contribution in [2.75, 3.05) is 13.2 Å². The molecule has 1 heterocycles. The van der Waals surface area contributed by atoms with Crippen LogP contribution < -0.4 is 0 Å². The standard InChI is InChI=1S/C9H13NO3/c1-2-3-4-5-9(12)10-6-8(11)7-13-10/h2-5,8,11H,6-7H2,1H3/b3-2+,5-4+. The first-order chi connectivity index (χ1) is 6.24. The summed E-state index contributed by atoms with van der Waals surface area (Å²) in [5.74, 6) is -0.241. The van der Waals surface area contributed by atoms with E-state index in [1.807, 2.05) is 13.0 Å². The summed E-state index contributed by atoms with van der Waals surface area (Å²) in [6.45, 7) is 2.31. The quantitative estimate of drug-likeness (QED) is 0.493. The lowest BCUT2D eigenvalue weighted by Gasteiger charge is -2.09. The van der Waals surface area contributed by atoms with Crippen LogP contribution in [0.4, 0.5) is 0 Å². The molecule has 72 valence electrons. The maximum Gasteiger partial charge on any atom is 0.270 e. The topological polar surface area (TPSA) is 49.8 Å². The number of nitrogens with zero attached hydrogens (tertiary/aromatic N) is 1. The first-order valence-electron chi connectivity index (χ1n) is 4.16. The number of β-amino-alcohol motifs (C(OH)–C–C–N with tert-alkyl or cyclic N) is 1. The lowest BCUT2D eigenvalue weighted by atomic mass is 10.4. The van der Waals surface area contributed by atoms with Crippen molar-refractivity contribution < 1.29 is 14.7 Å². The molecule has 1 fully saturated rings. The second-order valence-electron chi connectivity index (χ2n) is 2.73. The Morgan fingerprint density at radius 3 is 2.92 bits per heavy atom. The SMILES string of the molecule is C/C=C/C=C/C(=O)N1CC(O)CO1. The largest absolute Gasteiger partial charge is 0.389 e. The van der Waals surface area contributed by atoms with Crippen molar-refractivity contribution in [2.45, 2.75) is 13.0 Å². The number of rotatable bonds is 2. The van der Waals surface area contributed by atoms with E-state index in [-0.39, 0.29) is 19.1 Å². The molecule has 1 N–H and O–H groups in total. The van der Waals surface area contributed by atoms with Gasteiger partial charge in [0.25, 0.3) is 5.91 Å². The van der Waals surface area contributed by atoms with E-state index in [4.69, 9.17) is 9.94 Å². The van der Waals surface area contributed by atoms with Gasteiger partial charge in [-0.15, -0.1) is 0 Å². The highest BCUT2D eigenvalue weighted by Gasteiger charge is 2.24. The fraction of sp³-hybridized carbons (Fsp3) is 0.444. The Kier molecular flexibility index (Phi) is 3.67. The lowest BCUT2D eigenvalue weighted by Crippen LogP contribution is -2.26. The maximum absolute atomic E-state index is 11.2. The molecule has 1 amide bonds. The third-order valence-electron chi connectivity index (χ3n) is 1.59. The summed E-state index contributed by atoms with van der Waals surface area (Å²) in [5, 5.41) is 10.2. The van der Waals surface area contributed by atoms with Crippen molar-refractivity contribution >= 4 is 5.91 Å². The predicted octanol–water partition coefficient (Wildman–Crippen LogP) is 0.253. The number of carbonyl (C=O) groups is 1. The van der Waals surface area contributed by atoms with Gasteiger partial charge in [0, 0.05) is 6.08 Å². The van der Waals surface area contributed by atoms with Gasteiger partial charge in [0.2, 0.25) is 0 Å². The number of hydrogen-bond acceptors (Lipinski definition) is 3. The van der Waals surface area contributed by atoms with Crippen molar-refractivity contribution in [2.24, 2.45) is 0 Å². The van der Waals surface area contributed by atoms with Crippen LogP contribution in [0, 0.1) is 0 Å².